The molecule has 3 rings (SSSR count). The van der Waals surface area contributed by atoms with Crippen LogP contribution in [-0.2, 0) is 0 Å². The number of hydrogen-bond acceptors (Lipinski definition) is 1. The summed E-state index contributed by atoms with van der Waals surface area (Å²) in [5, 5.41) is 0. The molecule has 2 atom stereocenters. The average molecular weight is 235 g/mol. The van der Waals surface area contributed by atoms with Crippen LogP contribution in [0, 0.1) is 17.8 Å². The number of guanidine groups is 1. The van der Waals surface area contributed by atoms with Crippen molar-refractivity contribution in [1.29, 1.82) is 0 Å². The Bertz CT molecular complexity index is 305. The van der Waals surface area contributed by atoms with Crippen molar-refractivity contribution >= 4 is 5.96 Å². The van der Waals surface area contributed by atoms with Crippen LogP contribution >= 0.6 is 0 Å². The quantitative estimate of drug-likeness (QED) is 0.599. The van der Waals surface area contributed by atoms with Gasteiger partial charge in [0.25, 0.3) is 0 Å². The van der Waals surface area contributed by atoms with Crippen molar-refractivity contribution in [2.45, 2.75) is 51.0 Å². The number of aliphatic imine (C=N–C) groups is 1. The Labute approximate surface area is 104 Å². The second-order valence-corrected chi connectivity index (χ2v) is 6.23. The van der Waals surface area contributed by atoms with Crippen LogP contribution in [0.4, 0.5) is 0 Å². The van der Waals surface area contributed by atoms with Gasteiger partial charge >= 0.3 is 0 Å². The van der Waals surface area contributed by atoms with Gasteiger partial charge in [-0.25, -0.2) is 0 Å². The Hall–Kier alpha value is -0.730. The van der Waals surface area contributed by atoms with E-state index in [0.29, 0.717) is 6.04 Å². The van der Waals surface area contributed by atoms with Gasteiger partial charge in [0.05, 0.1) is 0 Å². The van der Waals surface area contributed by atoms with Crippen molar-refractivity contribution in [3.05, 3.63) is 0 Å². The highest BCUT2D eigenvalue weighted by molar-refractivity contribution is 5.78. The first-order valence-corrected chi connectivity index (χ1v) is 7.28. The number of rotatable bonds is 4. The van der Waals surface area contributed by atoms with E-state index in [0.717, 1.165) is 30.3 Å². The van der Waals surface area contributed by atoms with Crippen LogP contribution in [-0.4, -0.2) is 30.5 Å². The summed E-state index contributed by atoms with van der Waals surface area (Å²) >= 11 is 0. The fraction of sp³-hybridized carbons (Fsp3) is 0.929. The topological polar surface area (TPSA) is 41.6 Å². The summed E-state index contributed by atoms with van der Waals surface area (Å²) in [4.78, 5) is 6.82. The van der Waals surface area contributed by atoms with E-state index in [9.17, 15) is 0 Å². The average Bonchev–Trinajstić information content (AvgIpc) is 3.23. The Balaban J connectivity index is 1.53. The van der Waals surface area contributed by atoms with Crippen LogP contribution in [0.15, 0.2) is 4.99 Å². The first-order chi connectivity index (χ1) is 8.25. The summed E-state index contributed by atoms with van der Waals surface area (Å²) in [6, 6.07) is 0.682. The third-order valence-corrected chi connectivity index (χ3v) is 4.89. The van der Waals surface area contributed by atoms with Crippen molar-refractivity contribution in [3.8, 4) is 0 Å². The predicted molar refractivity (Wildman–Crippen MR) is 70.8 cm³/mol. The van der Waals surface area contributed by atoms with Crippen molar-refractivity contribution in [2.24, 2.45) is 28.5 Å². The summed E-state index contributed by atoms with van der Waals surface area (Å²) in [6.07, 6.45) is 9.78. The maximum atomic E-state index is 6.05. The molecule has 17 heavy (non-hydrogen) atoms. The molecule has 3 saturated carbocycles. The Morgan fingerprint density at radius 1 is 1.18 bits per heavy atom. The Kier molecular flexibility index (Phi) is 3.01. The molecular weight excluding hydrogens is 210 g/mol. The van der Waals surface area contributed by atoms with Crippen molar-refractivity contribution < 1.29 is 0 Å². The van der Waals surface area contributed by atoms with E-state index in [1.54, 1.807) is 0 Å². The normalized spacial score (nSPS) is 34.1. The summed E-state index contributed by atoms with van der Waals surface area (Å²) in [5.41, 5.74) is 6.05. The molecule has 0 spiro atoms. The molecule has 3 nitrogen and oxygen atoms in total. The molecule has 3 fully saturated rings. The van der Waals surface area contributed by atoms with E-state index in [4.69, 9.17) is 5.73 Å². The standard InChI is InChI=1S/C14H25N3/c1-17(12-7-8-12)14(15)16-9-11-3-2-4-13(11)10-5-6-10/h10-13H,2-9H2,1H3,(H2,15,16). The highest BCUT2D eigenvalue weighted by atomic mass is 15.3. The highest BCUT2D eigenvalue weighted by Gasteiger charge is 2.39. The monoisotopic (exact) mass is 235 g/mol. The second-order valence-electron chi connectivity index (χ2n) is 6.23. The number of hydrogen-bond donors (Lipinski definition) is 1. The second kappa shape index (κ2) is 4.51. The molecule has 3 aliphatic carbocycles. The van der Waals surface area contributed by atoms with E-state index >= 15 is 0 Å². The molecule has 0 radical (unpaired) electrons. The lowest BCUT2D eigenvalue weighted by atomic mass is 9.91. The van der Waals surface area contributed by atoms with Crippen LogP contribution in [0.5, 0.6) is 0 Å². The van der Waals surface area contributed by atoms with E-state index < -0.39 is 0 Å². The van der Waals surface area contributed by atoms with Gasteiger partial charge in [-0.15, -0.1) is 0 Å². The SMILES string of the molecule is CN(C(N)=NCC1CCCC1C1CC1)C1CC1. The summed E-state index contributed by atoms with van der Waals surface area (Å²) in [5.74, 6) is 3.61. The van der Waals surface area contributed by atoms with Crippen LogP contribution < -0.4 is 5.73 Å². The van der Waals surface area contributed by atoms with Gasteiger partial charge in [0.1, 0.15) is 0 Å². The lowest BCUT2D eigenvalue weighted by Crippen LogP contribution is -2.36. The zero-order valence-electron chi connectivity index (χ0n) is 10.9. The minimum absolute atomic E-state index is 0.682. The van der Waals surface area contributed by atoms with E-state index in [2.05, 4.69) is 16.9 Å². The molecule has 0 saturated heterocycles. The van der Waals surface area contributed by atoms with Gasteiger partial charge in [-0.1, -0.05) is 6.42 Å². The summed E-state index contributed by atoms with van der Waals surface area (Å²) in [6.45, 7) is 0.976. The smallest absolute Gasteiger partial charge is 0.191 e. The van der Waals surface area contributed by atoms with Gasteiger partial charge in [0, 0.05) is 19.6 Å². The molecule has 0 aliphatic heterocycles. The third-order valence-electron chi connectivity index (χ3n) is 4.89. The van der Waals surface area contributed by atoms with Crippen LogP contribution in [0.2, 0.25) is 0 Å². The lowest BCUT2D eigenvalue weighted by molar-refractivity contribution is 0.352. The van der Waals surface area contributed by atoms with Crippen LogP contribution in [0.1, 0.15) is 44.9 Å². The van der Waals surface area contributed by atoms with E-state index in [1.165, 1.54) is 44.9 Å². The minimum atomic E-state index is 0.682. The molecule has 0 heterocycles. The van der Waals surface area contributed by atoms with Crippen molar-refractivity contribution in [1.82, 2.24) is 4.90 Å². The zero-order chi connectivity index (χ0) is 11.8. The fourth-order valence-corrected chi connectivity index (χ4v) is 3.41. The maximum absolute atomic E-state index is 6.05. The highest BCUT2D eigenvalue weighted by Crippen LogP contribution is 2.48. The predicted octanol–water partition coefficient (Wildman–Crippen LogP) is 2.22. The van der Waals surface area contributed by atoms with Crippen molar-refractivity contribution in [3.63, 3.8) is 0 Å². The fourth-order valence-electron chi connectivity index (χ4n) is 3.41. The molecule has 0 aromatic rings. The molecular formula is C14H25N3. The molecule has 0 amide bonds. The molecule has 0 aromatic heterocycles. The molecule has 0 aromatic carbocycles. The molecule has 0 bridgehead atoms. The minimum Gasteiger partial charge on any atom is -0.370 e. The van der Waals surface area contributed by atoms with E-state index in [1.807, 2.05) is 0 Å². The van der Waals surface area contributed by atoms with Gasteiger partial charge in [-0.3, -0.25) is 4.99 Å². The molecule has 3 heteroatoms. The first-order valence-electron chi connectivity index (χ1n) is 7.28. The largest absolute Gasteiger partial charge is 0.370 e. The van der Waals surface area contributed by atoms with Crippen LogP contribution in [0.25, 0.3) is 0 Å². The van der Waals surface area contributed by atoms with Gasteiger partial charge in [0.15, 0.2) is 5.96 Å². The van der Waals surface area contributed by atoms with Gasteiger partial charge in [-0.2, -0.15) is 0 Å². The summed E-state index contributed by atoms with van der Waals surface area (Å²) in [7, 11) is 2.09. The third kappa shape index (κ3) is 2.58. The van der Waals surface area contributed by atoms with E-state index in [-0.39, 0.29) is 0 Å². The van der Waals surface area contributed by atoms with Gasteiger partial charge < -0.3 is 10.6 Å². The first kappa shape index (κ1) is 11.4. The summed E-state index contributed by atoms with van der Waals surface area (Å²) < 4.78 is 0. The zero-order valence-corrected chi connectivity index (χ0v) is 10.9. The van der Waals surface area contributed by atoms with Gasteiger partial charge in [-0.05, 0) is 56.3 Å². The van der Waals surface area contributed by atoms with Gasteiger partial charge in [0.2, 0.25) is 0 Å². The number of nitrogens with two attached hydrogens (primary N) is 1. The Morgan fingerprint density at radius 2 is 1.94 bits per heavy atom. The maximum Gasteiger partial charge on any atom is 0.191 e. The molecule has 2 unspecified atom stereocenters. The molecule has 96 valence electrons. The molecule has 2 N–H and O–H groups in total. The molecule has 3 aliphatic rings. The Morgan fingerprint density at radius 3 is 2.59 bits per heavy atom. The van der Waals surface area contributed by atoms with Crippen LogP contribution in [0.3, 0.4) is 0 Å². The lowest BCUT2D eigenvalue weighted by Gasteiger charge is -2.20. The number of nitrogens with zero attached hydrogens (tertiary/aromatic N) is 2. The van der Waals surface area contributed by atoms with Crippen molar-refractivity contribution in [2.75, 3.05) is 13.6 Å².